The van der Waals surface area contributed by atoms with E-state index in [1.54, 1.807) is 23.9 Å². The van der Waals surface area contributed by atoms with E-state index in [0.29, 0.717) is 0 Å². The van der Waals surface area contributed by atoms with Crippen LogP contribution in [0.5, 0.6) is 0 Å². The Morgan fingerprint density at radius 1 is 1.37 bits per heavy atom. The maximum Gasteiger partial charge on any atom is 0.305 e. The number of anilines is 2. The largest absolute Gasteiger partial charge is 0.481 e. The summed E-state index contributed by atoms with van der Waals surface area (Å²) >= 11 is 0. The van der Waals surface area contributed by atoms with Gasteiger partial charge in [-0.15, -0.1) is 0 Å². The number of rotatable bonds is 3. The lowest BCUT2D eigenvalue weighted by molar-refractivity contribution is -0.139. The zero-order valence-corrected chi connectivity index (χ0v) is 11.4. The predicted molar refractivity (Wildman–Crippen MR) is 73.7 cm³/mol. The number of hydrogen-bond donors (Lipinski definition) is 1. The summed E-state index contributed by atoms with van der Waals surface area (Å²) < 4.78 is 0. The Labute approximate surface area is 112 Å². The third kappa shape index (κ3) is 2.16. The number of hydrogen-bond acceptors (Lipinski definition) is 3. The topological polar surface area (TPSA) is 60.9 Å². The molecule has 0 bridgehead atoms. The third-order valence-electron chi connectivity index (χ3n) is 3.64. The van der Waals surface area contributed by atoms with Crippen LogP contribution in [-0.2, 0) is 16.0 Å². The standard InChI is InChI=1S/C14H18N2O3/c1-4-9-6-5-7-10-13(9)15(2)11(8-12(17)18)14(19)16(10)3/h5-7,11H,4,8H2,1-3H3,(H,17,18). The van der Waals surface area contributed by atoms with Crippen LogP contribution in [0.15, 0.2) is 18.2 Å². The second-order valence-corrected chi connectivity index (χ2v) is 4.76. The normalized spacial score (nSPS) is 18.5. The van der Waals surface area contributed by atoms with Crippen LogP contribution >= 0.6 is 0 Å². The van der Waals surface area contributed by atoms with Gasteiger partial charge in [0, 0.05) is 14.1 Å². The maximum absolute atomic E-state index is 12.3. The van der Waals surface area contributed by atoms with Crippen LogP contribution in [-0.4, -0.2) is 37.1 Å². The lowest BCUT2D eigenvalue weighted by Crippen LogP contribution is -2.51. The van der Waals surface area contributed by atoms with E-state index < -0.39 is 12.0 Å². The van der Waals surface area contributed by atoms with Gasteiger partial charge in [-0.3, -0.25) is 9.59 Å². The first-order chi connectivity index (χ1) is 8.97. The molecule has 0 saturated carbocycles. The molecule has 1 aromatic rings. The van der Waals surface area contributed by atoms with Crippen molar-refractivity contribution in [2.75, 3.05) is 23.9 Å². The van der Waals surface area contributed by atoms with E-state index in [9.17, 15) is 9.59 Å². The quantitative estimate of drug-likeness (QED) is 0.897. The first-order valence-corrected chi connectivity index (χ1v) is 6.31. The molecule has 0 saturated heterocycles. The molecule has 5 heteroatoms. The van der Waals surface area contributed by atoms with Gasteiger partial charge in [-0.05, 0) is 18.1 Å². The summed E-state index contributed by atoms with van der Waals surface area (Å²) in [6.45, 7) is 2.05. The highest BCUT2D eigenvalue weighted by Gasteiger charge is 2.36. The monoisotopic (exact) mass is 262 g/mol. The Morgan fingerprint density at radius 3 is 2.63 bits per heavy atom. The number of carbonyl (C=O) groups excluding carboxylic acids is 1. The van der Waals surface area contributed by atoms with E-state index in [1.165, 1.54) is 0 Å². The van der Waals surface area contributed by atoms with Crippen molar-refractivity contribution >= 4 is 23.3 Å². The number of aliphatic carboxylic acids is 1. The number of carboxylic acid groups (broad SMARTS) is 1. The average Bonchev–Trinajstić information content (AvgIpc) is 2.40. The van der Waals surface area contributed by atoms with Gasteiger partial charge in [0.2, 0.25) is 5.91 Å². The zero-order chi connectivity index (χ0) is 14.2. The molecule has 102 valence electrons. The molecule has 1 unspecified atom stereocenters. The number of carbonyl (C=O) groups is 2. The Morgan fingerprint density at radius 2 is 2.05 bits per heavy atom. The summed E-state index contributed by atoms with van der Waals surface area (Å²) in [7, 11) is 3.49. The number of nitrogens with zero attached hydrogens (tertiary/aromatic N) is 2. The summed E-state index contributed by atoms with van der Waals surface area (Å²) in [5.74, 6) is -1.14. The maximum atomic E-state index is 12.3. The molecule has 1 aromatic carbocycles. The van der Waals surface area contributed by atoms with Crippen molar-refractivity contribution in [3.05, 3.63) is 23.8 Å². The van der Waals surface area contributed by atoms with Gasteiger partial charge in [-0.1, -0.05) is 19.1 Å². The fourth-order valence-electron chi connectivity index (χ4n) is 2.59. The molecule has 5 nitrogen and oxygen atoms in total. The summed E-state index contributed by atoms with van der Waals surface area (Å²) in [4.78, 5) is 26.5. The molecule has 0 aliphatic carbocycles. The van der Waals surface area contributed by atoms with Crippen molar-refractivity contribution in [2.45, 2.75) is 25.8 Å². The van der Waals surface area contributed by atoms with E-state index in [2.05, 4.69) is 0 Å². The molecule has 19 heavy (non-hydrogen) atoms. The highest BCUT2D eigenvalue weighted by Crippen LogP contribution is 2.38. The number of likely N-dealkylation sites (N-methyl/N-ethyl adjacent to an activating group) is 2. The van der Waals surface area contributed by atoms with Crippen molar-refractivity contribution in [1.82, 2.24) is 0 Å². The Kier molecular flexibility index (Phi) is 3.46. The average molecular weight is 262 g/mol. The van der Waals surface area contributed by atoms with Crippen LogP contribution in [0, 0.1) is 0 Å². The lowest BCUT2D eigenvalue weighted by atomic mass is 10.00. The van der Waals surface area contributed by atoms with Crippen LogP contribution in [0.4, 0.5) is 11.4 Å². The Balaban J connectivity index is 2.52. The highest BCUT2D eigenvalue weighted by molar-refractivity contribution is 6.06. The molecule has 1 atom stereocenters. The third-order valence-corrected chi connectivity index (χ3v) is 3.64. The van der Waals surface area contributed by atoms with Gasteiger partial charge in [0.15, 0.2) is 0 Å². The van der Waals surface area contributed by atoms with Gasteiger partial charge in [-0.2, -0.15) is 0 Å². The van der Waals surface area contributed by atoms with Crippen LogP contribution in [0.1, 0.15) is 18.9 Å². The van der Waals surface area contributed by atoms with Gasteiger partial charge in [0.25, 0.3) is 0 Å². The van der Waals surface area contributed by atoms with Crippen LogP contribution in [0.25, 0.3) is 0 Å². The minimum Gasteiger partial charge on any atom is -0.481 e. The molecule has 1 aliphatic heterocycles. The van der Waals surface area contributed by atoms with Crippen LogP contribution < -0.4 is 9.80 Å². The van der Waals surface area contributed by atoms with E-state index >= 15 is 0 Å². The van der Waals surface area contributed by atoms with E-state index in [-0.39, 0.29) is 12.3 Å². The number of aryl methyl sites for hydroxylation is 1. The molecule has 1 heterocycles. The summed E-state index contributed by atoms with van der Waals surface area (Å²) in [5.41, 5.74) is 2.92. The minimum atomic E-state index is -0.962. The van der Waals surface area contributed by atoms with Crippen molar-refractivity contribution in [2.24, 2.45) is 0 Å². The van der Waals surface area contributed by atoms with Crippen molar-refractivity contribution in [1.29, 1.82) is 0 Å². The molecule has 0 radical (unpaired) electrons. The number of carboxylic acids is 1. The zero-order valence-electron chi connectivity index (χ0n) is 11.4. The molecule has 0 spiro atoms. The van der Waals surface area contributed by atoms with Gasteiger partial charge < -0.3 is 14.9 Å². The van der Waals surface area contributed by atoms with Gasteiger partial charge >= 0.3 is 5.97 Å². The summed E-state index contributed by atoms with van der Waals surface area (Å²) in [6.07, 6.45) is 0.659. The van der Waals surface area contributed by atoms with E-state index in [0.717, 1.165) is 23.4 Å². The fourth-order valence-corrected chi connectivity index (χ4v) is 2.59. The van der Waals surface area contributed by atoms with Crippen LogP contribution in [0.2, 0.25) is 0 Å². The molecular formula is C14H18N2O3. The lowest BCUT2D eigenvalue weighted by Gasteiger charge is -2.40. The first kappa shape index (κ1) is 13.4. The number of amides is 1. The van der Waals surface area contributed by atoms with Gasteiger partial charge in [0.05, 0.1) is 17.8 Å². The van der Waals surface area contributed by atoms with Crippen molar-refractivity contribution in [3.63, 3.8) is 0 Å². The second-order valence-electron chi connectivity index (χ2n) is 4.76. The van der Waals surface area contributed by atoms with Gasteiger partial charge in [-0.25, -0.2) is 0 Å². The molecule has 1 N–H and O–H groups in total. The minimum absolute atomic E-state index is 0.175. The van der Waals surface area contributed by atoms with Gasteiger partial charge in [0.1, 0.15) is 6.04 Å². The molecule has 1 aliphatic rings. The van der Waals surface area contributed by atoms with E-state index in [1.807, 2.05) is 25.1 Å². The van der Waals surface area contributed by atoms with Crippen LogP contribution in [0.3, 0.4) is 0 Å². The number of fused-ring (bicyclic) bond motifs is 1. The second kappa shape index (κ2) is 4.91. The van der Waals surface area contributed by atoms with Crippen molar-refractivity contribution in [3.8, 4) is 0 Å². The number of benzene rings is 1. The summed E-state index contributed by atoms with van der Waals surface area (Å²) in [6, 6.07) is 5.19. The Hall–Kier alpha value is -2.04. The first-order valence-electron chi connectivity index (χ1n) is 6.31. The smallest absolute Gasteiger partial charge is 0.305 e. The molecule has 1 amide bonds. The SMILES string of the molecule is CCc1cccc2c1N(C)C(CC(=O)O)C(=O)N2C. The molecule has 0 aromatic heterocycles. The number of para-hydroxylation sites is 1. The highest BCUT2D eigenvalue weighted by atomic mass is 16.4. The molecular weight excluding hydrogens is 244 g/mol. The molecule has 2 rings (SSSR count). The molecule has 0 fully saturated rings. The Bertz CT molecular complexity index is 527. The fraction of sp³-hybridized carbons (Fsp3) is 0.429. The van der Waals surface area contributed by atoms with Crippen molar-refractivity contribution < 1.29 is 14.7 Å². The predicted octanol–water partition coefficient (Wildman–Crippen LogP) is 1.50. The van der Waals surface area contributed by atoms with E-state index in [4.69, 9.17) is 5.11 Å². The summed E-state index contributed by atoms with van der Waals surface area (Å²) in [5, 5.41) is 8.96.